The molecule has 0 aromatic heterocycles. The summed E-state index contributed by atoms with van der Waals surface area (Å²) in [6.07, 6.45) is 0. The van der Waals surface area contributed by atoms with E-state index in [4.69, 9.17) is 49.0 Å². The molecule has 2 heterocycles. The van der Waals surface area contributed by atoms with Crippen LogP contribution in [0.15, 0.2) is 30.3 Å². The number of hydrogen-bond acceptors (Lipinski definition) is 7. The number of β-lactam (4-membered cyclic amide) rings is 1. The third kappa shape index (κ3) is 4.71. The van der Waals surface area contributed by atoms with Gasteiger partial charge in [-0.15, -0.1) is 11.8 Å². The Labute approximate surface area is 198 Å². The second kappa shape index (κ2) is 8.86. The molecule has 0 saturated carbocycles. The summed E-state index contributed by atoms with van der Waals surface area (Å²) in [5.74, 6) is -2.66. The number of esters is 1. The maximum absolute atomic E-state index is 13.1. The van der Waals surface area contributed by atoms with Gasteiger partial charge in [0.05, 0.1) is 5.37 Å². The number of carbonyl (C=O) groups is 3. The lowest BCUT2D eigenvalue weighted by Gasteiger charge is -2.59. The highest BCUT2D eigenvalue weighted by Gasteiger charge is 2.70. The molecule has 3 rings (SSSR count). The van der Waals surface area contributed by atoms with Gasteiger partial charge in [0.25, 0.3) is 5.91 Å². The molecule has 12 heteroatoms. The maximum Gasteiger partial charge on any atom is 0.321 e. The van der Waals surface area contributed by atoms with Crippen LogP contribution >= 0.6 is 46.6 Å². The molecular formula is C19H21Cl3N2O6S. The van der Waals surface area contributed by atoms with Crippen molar-refractivity contribution in [1.82, 2.24) is 10.2 Å². The average molecular weight is 512 g/mol. The lowest BCUT2D eigenvalue weighted by molar-refractivity contribution is -0.247. The van der Waals surface area contributed by atoms with E-state index < -0.39 is 44.2 Å². The average Bonchev–Trinajstić information content (AvgIpc) is 2.71. The molecule has 3 unspecified atom stereocenters. The summed E-state index contributed by atoms with van der Waals surface area (Å²) in [5.41, 5.74) is -1.30. The lowest BCUT2D eigenvalue weighted by Crippen LogP contribution is -2.81. The van der Waals surface area contributed by atoms with Crippen LogP contribution in [0.25, 0.3) is 0 Å². The molecule has 0 radical (unpaired) electrons. The van der Waals surface area contributed by atoms with Crippen molar-refractivity contribution in [3.63, 3.8) is 0 Å². The minimum atomic E-state index is -1.79. The fourth-order valence-corrected chi connectivity index (χ4v) is 5.30. The monoisotopic (exact) mass is 510 g/mol. The minimum Gasteiger partial charge on any atom is -0.461 e. The van der Waals surface area contributed by atoms with E-state index in [-0.39, 0.29) is 12.5 Å². The number of halogens is 3. The van der Waals surface area contributed by atoms with Crippen LogP contribution in [-0.2, 0) is 23.9 Å². The highest BCUT2D eigenvalue weighted by molar-refractivity contribution is 8.00. The van der Waals surface area contributed by atoms with Gasteiger partial charge in [-0.1, -0.05) is 53.0 Å². The van der Waals surface area contributed by atoms with Gasteiger partial charge in [-0.05, 0) is 19.1 Å². The van der Waals surface area contributed by atoms with E-state index in [2.05, 4.69) is 5.32 Å². The first-order valence-corrected chi connectivity index (χ1v) is 11.3. The van der Waals surface area contributed by atoms with Crippen LogP contribution in [-0.4, -0.2) is 63.3 Å². The summed E-state index contributed by atoms with van der Waals surface area (Å²) in [4.78, 5) is 39.3. The number of benzene rings is 1. The highest BCUT2D eigenvalue weighted by Crippen LogP contribution is 2.52. The number of nitrogens with zero attached hydrogens (tertiary/aromatic N) is 1. The number of hydrogen-bond donors (Lipinski definition) is 1. The largest absolute Gasteiger partial charge is 0.461 e. The second-order valence-electron chi connectivity index (χ2n) is 7.40. The number of rotatable bonds is 6. The van der Waals surface area contributed by atoms with Gasteiger partial charge in [-0.3, -0.25) is 14.4 Å². The van der Waals surface area contributed by atoms with Crippen molar-refractivity contribution in [3.8, 4) is 5.75 Å². The van der Waals surface area contributed by atoms with Crippen molar-refractivity contribution >= 4 is 64.3 Å². The first kappa shape index (κ1) is 24.3. The Morgan fingerprint density at radius 1 is 1.29 bits per heavy atom. The molecule has 1 aromatic rings. The van der Waals surface area contributed by atoms with E-state index in [0.717, 1.165) is 11.8 Å². The molecule has 1 aromatic carbocycles. The molecule has 2 saturated heterocycles. The van der Waals surface area contributed by atoms with E-state index in [0.29, 0.717) is 5.75 Å². The molecule has 4 atom stereocenters. The van der Waals surface area contributed by atoms with E-state index in [1.54, 1.807) is 31.2 Å². The number of amides is 2. The second-order valence-corrected chi connectivity index (χ2v) is 11.1. The van der Waals surface area contributed by atoms with Crippen LogP contribution in [0.4, 0.5) is 0 Å². The van der Waals surface area contributed by atoms with Gasteiger partial charge < -0.3 is 24.4 Å². The molecule has 1 N–H and O–H groups in total. The number of carbonyl (C=O) groups excluding carboxylic acids is 3. The van der Waals surface area contributed by atoms with E-state index in [1.165, 1.54) is 18.9 Å². The summed E-state index contributed by atoms with van der Waals surface area (Å²) in [6.45, 7) is 2.39. The van der Waals surface area contributed by atoms with Crippen molar-refractivity contribution < 1.29 is 28.6 Å². The third-order valence-electron chi connectivity index (χ3n) is 4.99. The van der Waals surface area contributed by atoms with E-state index in [9.17, 15) is 14.4 Å². The Morgan fingerprint density at radius 3 is 2.48 bits per heavy atom. The zero-order valence-electron chi connectivity index (χ0n) is 16.9. The molecule has 0 bridgehead atoms. The van der Waals surface area contributed by atoms with Crippen LogP contribution < -0.4 is 10.1 Å². The molecule has 2 fully saturated rings. The van der Waals surface area contributed by atoms with Crippen molar-refractivity contribution in [2.45, 2.75) is 34.2 Å². The van der Waals surface area contributed by atoms with Crippen LogP contribution in [0.3, 0.4) is 0 Å². The van der Waals surface area contributed by atoms with Gasteiger partial charge >= 0.3 is 11.8 Å². The van der Waals surface area contributed by atoms with Crippen LogP contribution in [0.1, 0.15) is 13.8 Å². The molecular weight excluding hydrogens is 491 g/mol. The van der Waals surface area contributed by atoms with Gasteiger partial charge in [0, 0.05) is 20.6 Å². The van der Waals surface area contributed by atoms with Gasteiger partial charge in [-0.2, -0.15) is 0 Å². The number of thioether (sulfide) groups is 1. The number of fused-ring (bicyclic) bond motifs is 1. The molecule has 8 nitrogen and oxygen atoms in total. The fourth-order valence-electron chi connectivity index (χ4n) is 3.43. The third-order valence-corrected chi connectivity index (χ3v) is 7.05. The Hall–Kier alpha value is -1.39. The standard InChI is InChI=1S/C19H21Cl3N2O6S/c1-11(25)23-13-17(2,16(27)29-10-18(20,21)22)9-24-14(26)19(28-3,15(24)31-13)30-12-7-5-4-6-8-12/h4-8,13,15H,9-10H2,1-3H3,(H,23,25)/t13?,15-,17?,19?/m1/s1. The molecule has 2 aliphatic rings. The first-order chi connectivity index (χ1) is 14.4. The van der Waals surface area contributed by atoms with E-state index >= 15 is 0 Å². The van der Waals surface area contributed by atoms with Crippen molar-refractivity contribution in [2.75, 3.05) is 20.3 Å². The Balaban J connectivity index is 1.86. The number of nitrogens with one attached hydrogen (secondary N) is 1. The quantitative estimate of drug-likeness (QED) is 0.272. The predicted molar refractivity (Wildman–Crippen MR) is 117 cm³/mol. The molecule has 0 aliphatic carbocycles. The van der Waals surface area contributed by atoms with Crippen molar-refractivity contribution in [2.24, 2.45) is 5.41 Å². The topological polar surface area (TPSA) is 94.2 Å². The minimum absolute atomic E-state index is 0.0452. The van der Waals surface area contributed by atoms with Gasteiger partial charge in [0.15, 0.2) is 5.37 Å². The highest BCUT2D eigenvalue weighted by atomic mass is 35.6. The number of alkyl halides is 3. The lowest BCUT2D eigenvalue weighted by atomic mass is 9.86. The predicted octanol–water partition coefficient (Wildman–Crippen LogP) is 2.71. The normalized spacial score (nSPS) is 30.1. The molecule has 31 heavy (non-hydrogen) atoms. The smallest absolute Gasteiger partial charge is 0.321 e. The molecule has 2 aliphatic heterocycles. The molecule has 0 spiro atoms. The van der Waals surface area contributed by atoms with Crippen molar-refractivity contribution in [1.29, 1.82) is 0 Å². The first-order valence-electron chi connectivity index (χ1n) is 9.20. The Morgan fingerprint density at radius 2 is 1.94 bits per heavy atom. The zero-order valence-corrected chi connectivity index (χ0v) is 20.0. The SMILES string of the molecule is COC1(Oc2ccccc2)C(=O)N2CC(C)(C(=O)OCC(Cl)(Cl)Cl)C(NC(C)=O)S[C@@H]21. The van der Waals surface area contributed by atoms with Crippen molar-refractivity contribution in [3.05, 3.63) is 30.3 Å². The van der Waals surface area contributed by atoms with Gasteiger partial charge in [0.1, 0.15) is 17.8 Å². The van der Waals surface area contributed by atoms with Crippen LogP contribution in [0.2, 0.25) is 0 Å². The zero-order chi connectivity index (χ0) is 23.0. The number of ether oxygens (including phenoxy) is 3. The molecule has 170 valence electrons. The number of methoxy groups -OCH3 is 1. The van der Waals surface area contributed by atoms with Gasteiger partial charge in [-0.25, -0.2) is 0 Å². The Kier molecular flexibility index (Phi) is 6.93. The summed E-state index contributed by atoms with van der Waals surface area (Å²) in [6, 6.07) is 8.76. The van der Waals surface area contributed by atoms with Crippen LogP contribution in [0.5, 0.6) is 5.75 Å². The Bertz CT molecular complexity index is 870. The summed E-state index contributed by atoms with van der Waals surface area (Å²) in [5, 5.41) is 1.38. The van der Waals surface area contributed by atoms with Crippen LogP contribution in [0, 0.1) is 5.41 Å². The summed E-state index contributed by atoms with van der Waals surface area (Å²) >= 11 is 18.2. The van der Waals surface area contributed by atoms with Gasteiger partial charge in [0.2, 0.25) is 9.70 Å². The molecule has 2 amide bonds. The summed E-state index contributed by atoms with van der Waals surface area (Å²) in [7, 11) is 1.37. The maximum atomic E-state index is 13.1. The fraction of sp³-hybridized carbons (Fsp3) is 0.526. The van der Waals surface area contributed by atoms with E-state index in [1.807, 2.05) is 6.07 Å². The summed E-state index contributed by atoms with van der Waals surface area (Å²) < 4.78 is 14.8. The number of para-hydroxylation sites is 1.